The number of hydrogen-bond donors (Lipinski definition) is 2. The molecule has 36 heavy (non-hydrogen) atoms. The summed E-state index contributed by atoms with van der Waals surface area (Å²) in [5, 5.41) is 21.4. The first kappa shape index (κ1) is 26.6. The van der Waals surface area contributed by atoms with Crippen molar-refractivity contribution in [1.29, 1.82) is 0 Å². The number of rotatable bonds is 6. The number of carbonyl (C=O) groups is 2. The summed E-state index contributed by atoms with van der Waals surface area (Å²) in [6, 6.07) is 1.48. The molecule has 1 aliphatic carbocycles. The molecule has 2 aromatic rings. The Morgan fingerprint density at radius 1 is 1.25 bits per heavy atom. The van der Waals surface area contributed by atoms with Gasteiger partial charge >= 0.3 is 6.18 Å². The molecule has 0 radical (unpaired) electrons. The minimum atomic E-state index is -4.51. The maximum atomic E-state index is 13.7. The van der Waals surface area contributed by atoms with Crippen LogP contribution in [0.2, 0.25) is 0 Å². The fourth-order valence-corrected chi connectivity index (χ4v) is 4.90. The van der Waals surface area contributed by atoms with E-state index in [0.717, 1.165) is 30.7 Å². The summed E-state index contributed by atoms with van der Waals surface area (Å²) in [6.07, 6.45) is -1.53. The quantitative estimate of drug-likeness (QED) is 0.549. The first-order valence-electron chi connectivity index (χ1n) is 11.8. The molecule has 8 nitrogen and oxygen atoms in total. The lowest BCUT2D eigenvalue weighted by molar-refractivity contribution is -0.144. The van der Waals surface area contributed by atoms with Crippen molar-refractivity contribution >= 4 is 27.7 Å². The average Bonchev–Trinajstić information content (AvgIpc) is 3.38. The molecule has 2 heterocycles. The molecule has 196 valence electrons. The highest BCUT2D eigenvalue weighted by Gasteiger charge is 2.45. The molecular formula is C24H29BrF3N5O3. The summed E-state index contributed by atoms with van der Waals surface area (Å²) in [4.78, 5) is 28.2. The third kappa shape index (κ3) is 5.74. The van der Waals surface area contributed by atoms with Crippen molar-refractivity contribution in [2.45, 2.75) is 76.9 Å². The maximum absolute atomic E-state index is 13.7. The van der Waals surface area contributed by atoms with Crippen LogP contribution in [0.1, 0.15) is 68.8 Å². The fraction of sp³-hybridized carbons (Fsp3) is 0.583. The van der Waals surface area contributed by atoms with Crippen LogP contribution in [0.25, 0.3) is 0 Å². The number of alkyl halides is 3. The molecule has 2 fully saturated rings. The fourth-order valence-electron chi connectivity index (χ4n) is 4.51. The van der Waals surface area contributed by atoms with Crippen LogP contribution in [-0.2, 0) is 22.3 Å². The molecule has 1 saturated carbocycles. The summed E-state index contributed by atoms with van der Waals surface area (Å²) < 4.78 is 41.3. The Balaban J connectivity index is 1.52. The molecule has 2 N–H and O–H groups in total. The van der Waals surface area contributed by atoms with Crippen molar-refractivity contribution in [3.8, 4) is 0 Å². The Morgan fingerprint density at radius 2 is 1.94 bits per heavy atom. The summed E-state index contributed by atoms with van der Waals surface area (Å²) in [5.74, 6) is -0.558. The average molecular weight is 572 g/mol. The van der Waals surface area contributed by atoms with Crippen LogP contribution in [0, 0.1) is 5.41 Å². The van der Waals surface area contributed by atoms with Crippen molar-refractivity contribution in [3.05, 3.63) is 45.7 Å². The Morgan fingerprint density at radius 3 is 2.56 bits per heavy atom. The Labute approximate surface area is 215 Å². The van der Waals surface area contributed by atoms with Gasteiger partial charge in [-0.25, -0.2) is 4.68 Å². The van der Waals surface area contributed by atoms with Crippen molar-refractivity contribution in [1.82, 2.24) is 25.2 Å². The molecule has 12 heteroatoms. The van der Waals surface area contributed by atoms with Gasteiger partial charge in [-0.15, -0.1) is 5.10 Å². The third-order valence-corrected chi connectivity index (χ3v) is 7.31. The lowest BCUT2D eigenvalue weighted by Gasteiger charge is -2.34. The smallest absolute Gasteiger partial charge is 0.391 e. The lowest BCUT2D eigenvalue weighted by Crippen LogP contribution is -2.50. The predicted octanol–water partition coefficient (Wildman–Crippen LogP) is 3.80. The van der Waals surface area contributed by atoms with Gasteiger partial charge in [0.25, 0.3) is 0 Å². The molecule has 0 bridgehead atoms. The topological polar surface area (TPSA) is 100 Å². The second-order valence-electron chi connectivity index (χ2n) is 10.6. The number of hydrogen-bond acceptors (Lipinski definition) is 5. The molecule has 1 saturated heterocycles. The number of likely N-dealkylation sites (tertiary alicyclic amines) is 1. The second kappa shape index (κ2) is 9.77. The van der Waals surface area contributed by atoms with E-state index < -0.39 is 41.2 Å². The molecule has 3 atom stereocenters. The van der Waals surface area contributed by atoms with Crippen LogP contribution in [0.5, 0.6) is 0 Å². The van der Waals surface area contributed by atoms with Crippen LogP contribution in [0.3, 0.4) is 0 Å². The van der Waals surface area contributed by atoms with E-state index in [9.17, 15) is 27.9 Å². The van der Waals surface area contributed by atoms with E-state index in [-0.39, 0.29) is 31.0 Å². The number of aliphatic hydroxyl groups is 1. The zero-order valence-electron chi connectivity index (χ0n) is 20.2. The highest BCUT2D eigenvalue weighted by Crippen LogP contribution is 2.40. The monoisotopic (exact) mass is 571 g/mol. The van der Waals surface area contributed by atoms with Gasteiger partial charge in [0.05, 0.1) is 17.4 Å². The van der Waals surface area contributed by atoms with Crippen molar-refractivity contribution in [2.75, 3.05) is 6.54 Å². The van der Waals surface area contributed by atoms with Gasteiger partial charge in [0.2, 0.25) is 11.8 Å². The number of aromatic nitrogens is 3. The molecule has 4 rings (SSSR count). The van der Waals surface area contributed by atoms with Crippen molar-refractivity contribution in [3.63, 3.8) is 0 Å². The van der Waals surface area contributed by atoms with Gasteiger partial charge in [-0.05, 0) is 42.0 Å². The van der Waals surface area contributed by atoms with E-state index in [1.807, 2.05) is 20.8 Å². The predicted molar refractivity (Wildman–Crippen MR) is 128 cm³/mol. The number of β-amino-alcohol motifs (C(OH)–C–C–N with tert-alkyl or cyclic N) is 1. The standard InChI is InChI=1S/C24H29BrF3N5O3/c1-23(2,3)20(33-12-18(30-31-33)13-4-5-13)22(36)32-11-16(34)9-19(32)21(35)29-10-14-8-15(24(26,27)28)6-7-17(14)25/h6-8,12-13,16,19-20,34H,4-5,9-11H2,1-3H3,(H,29,35)/t16?,19?,20-/m1/s1. The highest BCUT2D eigenvalue weighted by atomic mass is 79.9. The van der Waals surface area contributed by atoms with Crippen molar-refractivity contribution in [2.24, 2.45) is 5.41 Å². The van der Waals surface area contributed by atoms with E-state index in [0.29, 0.717) is 10.4 Å². The summed E-state index contributed by atoms with van der Waals surface area (Å²) in [6.45, 7) is 5.47. The first-order chi connectivity index (χ1) is 16.8. The zero-order chi connectivity index (χ0) is 26.4. The Kier molecular flexibility index (Phi) is 7.22. The van der Waals surface area contributed by atoms with Gasteiger partial charge in [0, 0.05) is 36.1 Å². The van der Waals surface area contributed by atoms with Crippen LogP contribution in [0.15, 0.2) is 28.9 Å². The number of halogens is 4. The van der Waals surface area contributed by atoms with Gasteiger partial charge in [-0.2, -0.15) is 13.2 Å². The summed E-state index contributed by atoms with van der Waals surface area (Å²) in [7, 11) is 0. The number of carbonyl (C=O) groups excluding carboxylic acids is 2. The van der Waals surface area contributed by atoms with E-state index in [4.69, 9.17) is 0 Å². The molecule has 0 spiro atoms. The van der Waals surface area contributed by atoms with E-state index in [1.165, 1.54) is 15.6 Å². The lowest BCUT2D eigenvalue weighted by atomic mass is 9.85. The normalized spacial score (nSPS) is 21.5. The molecule has 1 aromatic heterocycles. The summed E-state index contributed by atoms with van der Waals surface area (Å²) >= 11 is 3.22. The number of benzene rings is 1. The largest absolute Gasteiger partial charge is 0.416 e. The highest BCUT2D eigenvalue weighted by molar-refractivity contribution is 9.10. The third-order valence-electron chi connectivity index (χ3n) is 6.53. The van der Waals surface area contributed by atoms with E-state index >= 15 is 0 Å². The molecule has 2 amide bonds. The van der Waals surface area contributed by atoms with E-state index in [2.05, 4.69) is 31.6 Å². The number of amides is 2. The van der Waals surface area contributed by atoms with Crippen molar-refractivity contribution < 1.29 is 27.9 Å². The number of aliphatic hydroxyl groups excluding tert-OH is 1. The Bertz CT molecular complexity index is 1140. The van der Waals surface area contributed by atoms with Gasteiger partial charge in [-0.3, -0.25) is 9.59 Å². The Hall–Kier alpha value is -2.47. The molecule has 2 aliphatic rings. The van der Waals surface area contributed by atoms with Crippen LogP contribution >= 0.6 is 15.9 Å². The van der Waals surface area contributed by atoms with Gasteiger partial charge in [-0.1, -0.05) is 41.9 Å². The van der Waals surface area contributed by atoms with Crippen LogP contribution < -0.4 is 5.32 Å². The minimum Gasteiger partial charge on any atom is -0.391 e. The molecule has 1 aromatic carbocycles. The van der Waals surface area contributed by atoms with E-state index in [1.54, 1.807) is 6.20 Å². The SMILES string of the molecule is CC(C)(C)[C@@H](C(=O)N1CC(O)CC1C(=O)NCc1cc(C(F)(F)F)ccc1Br)n1cc(C2CC2)nn1. The number of nitrogens with one attached hydrogen (secondary N) is 1. The zero-order valence-corrected chi connectivity index (χ0v) is 21.8. The second-order valence-corrected chi connectivity index (χ2v) is 11.4. The van der Waals surface area contributed by atoms with Crippen LogP contribution in [-0.4, -0.2) is 55.5 Å². The molecule has 1 aliphatic heterocycles. The minimum absolute atomic E-state index is 0.0269. The van der Waals surface area contributed by atoms with Gasteiger partial charge < -0.3 is 15.3 Å². The first-order valence-corrected chi connectivity index (χ1v) is 12.6. The van der Waals surface area contributed by atoms with Crippen LogP contribution in [0.4, 0.5) is 13.2 Å². The maximum Gasteiger partial charge on any atom is 0.416 e. The summed E-state index contributed by atoms with van der Waals surface area (Å²) in [5.41, 5.74) is -0.311. The van der Waals surface area contributed by atoms with Gasteiger partial charge in [0.1, 0.15) is 12.1 Å². The molecule has 2 unspecified atom stereocenters. The van der Waals surface area contributed by atoms with Gasteiger partial charge in [0.15, 0.2) is 0 Å². The number of nitrogens with zero attached hydrogens (tertiary/aromatic N) is 4. The molecular weight excluding hydrogens is 543 g/mol.